The molecule has 1 N–H and O–H groups in total. The molecule has 1 amide bonds. The number of piperidine rings is 1. The van der Waals surface area contributed by atoms with E-state index in [0.29, 0.717) is 12.5 Å². The van der Waals surface area contributed by atoms with Crippen LogP contribution in [0.4, 0.5) is 4.79 Å². The molecular formula is C15H19NO3. The van der Waals surface area contributed by atoms with E-state index in [0.717, 1.165) is 24.8 Å². The number of hydrogen-bond acceptors (Lipinski definition) is 3. The summed E-state index contributed by atoms with van der Waals surface area (Å²) in [6.45, 7) is 0.341. The zero-order valence-electron chi connectivity index (χ0n) is 10.9. The SMILES string of the molecule is O=C(OCc1ccccc1)N1C2CCC(C2)C1CO. The Labute approximate surface area is 113 Å². The number of likely N-dealkylation sites (tertiary alicyclic amines) is 1. The summed E-state index contributed by atoms with van der Waals surface area (Å²) < 4.78 is 5.37. The van der Waals surface area contributed by atoms with Crippen molar-refractivity contribution in [1.82, 2.24) is 4.90 Å². The van der Waals surface area contributed by atoms with Crippen molar-refractivity contribution in [3.8, 4) is 0 Å². The van der Waals surface area contributed by atoms with Gasteiger partial charge in [-0.2, -0.15) is 0 Å². The van der Waals surface area contributed by atoms with Gasteiger partial charge in [-0.1, -0.05) is 30.3 Å². The zero-order valence-corrected chi connectivity index (χ0v) is 10.9. The van der Waals surface area contributed by atoms with Crippen LogP contribution in [-0.4, -0.2) is 34.8 Å². The van der Waals surface area contributed by atoms with Gasteiger partial charge >= 0.3 is 6.09 Å². The van der Waals surface area contributed by atoms with E-state index >= 15 is 0 Å². The van der Waals surface area contributed by atoms with Gasteiger partial charge in [0, 0.05) is 6.04 Å². The number of rotatable bonds is 3. The Morgan fingerprint density at radius 1 is 1.32 bits per heavy atom. The van der Waals surface area contributed by atoms with Crippen molar-refractivity contribution in [3.05, 3.63) is 35.9 Å². The second kappa shape index (κ2) is 5.21. The van der Waals surface area contributed by atoms with Gasteiger partial charge < -0.3 is 9.84 Å². The summed E-state index contributed by atoms with van der Waals surface area (Å²) in [4.78, 5) is 13.9. The Bertz CT molecular complexity index is 448. The fourth-order valence-electron chi connectivity index (χ4n) is 3.41. The molecule has 0 radical (unpaired) electrons. The van der Waals surface area contributed by atoms with Crippen molar-refractivity contribution < 1.29 is 14.6 Å². The molecule has 2 aliphatic rings. The maximum Gasteiger partial charge on any atom is 0.410 e. The van der Waals surface area contributed by atoms with Crippen molar-refractivity contribution in [2.24, 2.45) is 5.92 Å². The molecule has 102 valence electrons. The van der Waals surface area contributed by atoms with Gasteiger partial charge in [-0.25, -0.2) is 4.79 Å². The van der Waals surface area contributed by atoms with Crippen LogP contribution >= 0.6 is 0 Å². The van der Waals surface area contributed by atoms with Crippen molar-refractivity contribution in [2.75, 3.05) is 6.61 Å². The molecule has 1 aromatic rings. The summed E-state index contributed by atoms with van der Waals surface area (Å²) in [6.07, 6.45) is 2.90. The van der Waals surface area contributed by atoms with Crippen LogP contribution < -0.4 is 0 Å². The largest absolute Gasteiger partial charge is 0.445 e. The normalized spacial score (nSPS) is 28.7. The molecule has 4 nitrogen and oxygen atoms in total. The molecule has 3 rings (SSSR count). The molecule has 1 heterocycles. The third kappa shape index (κ3) is 2.32. The van der Waals surface area contributed by atoms with E-state index in [1.807, 2.05) is 30.3 Å². The quantitative estimate of drug-likeness (QED) is 0.907. The molecule has 19 heavy (non-hydrogen) atoms. The molecule has 3 atom stereocenters. The number of benzene rings is 1. The number of fused-ring (bicyclic) bond motifs is 2. The molecule has 1 saturated heterocycles. The topological polar surface area (TPSA) is 49.8 Å². The fourth-order valence-corrected chi connectivity index (χ4v) is 3.41. The van der Waals surface area contributed by atoms with Crippen molar-refractivity contribution in [3.63, 3.8) is 0 Å². The number of amides is 1. The summed E-state index contributed by atoms with van der Waals surface area (Å²) in [7, 11) is 0. The Kier molecular flexibility index (Phi) is 3.42. The minimum atomic E-state index is -0.282. The van der Waals surface area contributed by atoms with E-state index in [2.05, 4.69) is 0 Å². The molecule has 2 fully saturated rings. The molecule has 1 saturated carbocycles. The Morgan fingerprint density at radius 2 is 2.11 bits per heavy atom. The molecule has 4 heteroatoms. The summed E-state index contributed by atoms with van der Waals surface area (Å²) >= 11 is 0. The van der Waals surface area contributed by atoms with E-state index in [4.69, 9.17) is 4.74 Å². The minimum Gasteiger partial charge on any atom is -0.445 e. The number of hydrogen-bond donors (Lipinski definition) is 1. The standard InChI is InChI=1S/C15H19NO3/c17-9-14-12-6-7-13(8-12)16(14)15(18)19-10-11-4-2-1-3-5-11/h1-5,12-14,17H,6-10H2. The molecule has 3 unspecified atom stereocenters. The van der Waals surface area contributed by atoms with Crippen LogP contribution in [0.15, 0.2) is 30.3 Å². The first-order valence-corrected chi connectivity index (χ1v) is 6.89. The first-order valence-electron chi connectivity index (χ1n) is 6.89. The van der Waals surface area contributed by atoms with Gasteiger partial charge in [-0.15, -0.1) is 0 Å². The lowest BCUT2D eigenvalue weighted by molar-refractivity contribution is 0.0465. The first-order chi connectivity index (χ1) is 9.29. The monoisotopic (exact) mass is 261 g/mol. The Balaban J connectivity index is 1.61. The Morgan fingerprint density at radius 3 is 2.84 bits per heavy atom. The zero-order chi connectivity index (χ0) is 13.2. The second-order valence-corrected chi connectivity index (χ2v) is 5.42. The van der Waals surface area contributed by atoms with E-state index in [-0.39, 0.29) is 24.8 Å². The first kappa shape index (κ1) is 12.5. The highest BCUT2D eigenvalue weighted by Gasteiger charge is 2.48. The highest BCUT2D eigenvalue weighted by atomic mass is 16.6. The van der Waals surface area contributed by atoms with E-state index in [1.165, 1.54) is 0 Å². The third-order valence-corrected chi connectivity index (χ3v) is 4.34. The summed E-state index contributed by atoms with van der Waals surface area (Å²) in [5.41, 5.74) is 0.987. The second-order valence-electron chi connectivity index (χ2n) is 5.42. The smallest absolute Gasteiger partial charge is 0.410 e. The lowest BCUT2D eigenvalue weighted by atomic mass is 10.00. The van der Waals surface area contributed by atoms with Gasteiger partial charge in [0.1, 0.15) is 6.61 Å². The molecule has 1 aliphatic heterocycles. The maximum absolute atomic E-state index is 12.2. The van der Waals surface area contributed by atoms with Crippen LogP contribution in [0.1, 0.15) is 24.8 Å². The average molecular weight is 261 g/mol. The molecule has 1 aliphatic carbocycles. The van der Waals surface area contributed by atoms with Gasteiger partial charge in [-0.05, 0) is 30.7 Å². The molecule has 2 bridgehead atoms. The summed E-state index contributed by atoms with van der Waals surface area (Å²) in [6, 6.07) is 9.90. The molecule has 1 aromatic carbocycles. The van der Waals surface area contributed by atoms with E-state index in [9.17, 15) is 9.90 Å². The van der Waals surface area contributed by atoms with Crippen LogP contribution in [0.2, 0.25) is 0 Å². The minimum absolute atomic E-state index is 0.0398. The van der Waals surface area contributed by atoms with Crippen LogP contribution in [0.5, 0.6) is 0 Å². The van der Waals surface area contributed by atoms with Crippen LogP contribution in [-0.2, 0) is 11.3 Å². The van der Waals surface area contributed by atoms with Crippen LogP contribution in [0.3, 0.4) is 0 Å². The summed E-state index contributed by atoms with van der Waals surface area (Å²) in [5.74, 6) is 0.458. The van der Waals surface area contributed by atoms with E-state index in [1.54, 1.807) is 4.90 Å². The van der Waals surface area contributed by atoms with Gasteiger partial charge in [0.05, 0.1) is 12.6 Å². The highest BCUT2D eigenvalue weighted by Crippen LogP contribution is 2.42. The van der Waals surface area contributed by atoms with Crippen molar-refractivity contribution in [1.29, 1.82) is 0 Å². The molecule has 0 aromatic heterocycles. The van der Waals surface area contributed by atoms with E-state index < -0.39 is 0 Å². The summed E-state index contributed by atoms with van der Waals surface area (Å²) in [5, 5.41) is 9.44. The van der Waals surface area contributed by atoms with Gasteiger partial charge in [-0.3, -0.25) is 4.90 Å². The maximum atomic E-state index is 12.2. The number of aliphatic hydroxyl groups excluding tert-OH is 1. The van der Waals surface area contributed by atoms with Crippen LogP contribution in [0, 0.1) is 5.92 Å². The molecule has 0 spiro atoms. The number of carbonyl (C=O) groups is 1. The average Bonchev–Trinajstić information content (AvgIpc) is 3.06. The van der Waals surface area contributed by atoms with Crippen molar-refractivity contribution >= 4 is 6.09 Å². The lowest BCUT2D eigenvalue weighted by Gasteiger charge is -2.33. The Hall–Kier alpha value is -1.55. The fraction of sp³-hybridized carbons (Fsp3) is 0.533. The van der Waals surface area contributed by atoms with Gasteiger partial charge in [0.25, 0.3) is 0 Å². The number of nitrogens with zero attached hydrogens (tertiary/aromatic N) is 1. The highest BCUT2D eigenvalue weighted by molar-refractivity contribution is 5.69. The third-order valence-electron chi connectivity index (χ3n) is 4.34. The van der Waals surface area contributed by atoms with Crippen molar-refractivity contribution in [2.45, 2.75) is 38.0 Å². The number of aliphatic hydroxyl groups is 1. The molecular weight excluding hydrogens is 242 g/mol. The number of ether oxygens (including phenoxy) is 1. The van der Waals surface area contributed by atoms with Crippen LogP contribution in [0.25, 0.3) is 0 Å². The lowest BCUT2D eigenvalue weighted by Crippen LogP contribution is -2.46. The van der Waals surface area contributed by atoms with Gasteiger partial charge in [0.2, 0.25) is 0 Å². The number of carbonyl (C=O) groups excluding carboxylic acids is 1. The van der Waals surface area contributed by atoms with Gasteiger partial charge in [0.15, 0.2) is 0 Å². The predicted octanol–water partition coefficient (Wildman–Crippen LogP) is 2.17. The predicted molar refractivity (Wildman–Crippen MR) is 70.5 cm³/mol.